The Bertz CT molecular complexity index is 513. The second-order valence-electron chi connectivity index (χ2n) is 4.59. The highest BCUT2D eigenvalue weighted by atomic mass is 32.2. The minimum absolute atomic E-state index is 0.201. The first-order valence-electron chi connectivity index (χ1n) is 6.98. The number of carbonyl (C=O) groups excluding carboxylic acids is 1. The van der Waals surface area contributed by atoms with Crippen molar-refractivity contribution in [3.63, 3.8) is 0 Å². The molecule has 6 nitrogen and oxygen atoms in total. The molecule has 0 unspecified atom stereocenters. The van der Waals surface area contributed by atoms with E-state index >= 15 is 0 Å². The highest BCUT2D eigenvalue weighted by Gasteiger charge is 2.18. The van der Waals surface area contributed by atoms with Gasteiger partial charge in [-0.15, -0.1) is 11.8 Å². The minimum atomic E-state index is -0.456. The van der Waals surface area contributed by atoms with Gasteiger partial charge >= 0.3 is 5.97 Å². The molecule has 1 aliphatic rings. The lowest BCUT2D eigenvalue weighted by molar-refractivity contribution is -0.145. The molecule has 0 bridgehead atoms. The van der Waals surface area contributed by atoms with Crippen molar-refractivity contribution in [3.8, 4) is 0 Å². The topological polar surface area (TPSA) is 60.4 Å². The van der Waals surface area contributed by atoms with Crippen LogP contribution in [-0.4, -0.2) is 63.0 Å². The Morgan fingerprint density at radius 3 is 2.59 bits per heavy atom. The number of morpholine rings is 1. The van der Waals surface area contributed by atoms with Gasteiger partial charge in [0.25, 0.3) is 0 Å². The molecule has 0 N–H and O–H groups in total. The number of esters is 1. The summed E-state index contributed by atoms with van der Waals surface area (Å²) in [4.78, 5) is 19.5. The number of nitrogens with zero attached hydrogens (tertiary/aromatic N) is 2. The van der Waals surface area contributed by atoms with Gasteiger partial charge < -0.3 is 19.2 Å². The molecule has 0 radical (unpaired) electrons. The van der Waals surface area contributed by atoms with Crippen molar-refractivity contribution in [1.29, 1.82) is 0 Å². The number of amidine groups is 1. The Balaban J connectivity index is 2.15. The normalized spacial score (nSPS) is 15.5. The van der Waals surface area contributed by atoms with Crippen LogP contribution in [0.2, 0.25) is 0 Å². The van der Waals surface area contributed by atoms with E-state index in [4.69, 9.17) is 9.57 Å². The summed E-state index contributed by atoms with van der Waals surface area (Å²) in [5.41, 5.74) is 0.949. The van der Waals surface area contributed by atoms with E-state index < -0.39 is 5.97 Å². The average molecular weight is 324 g/mol. The van der Waals surface area contributed by atoms with E-state index in [2.05, 4.69) is 14.8 Å². The van der Waals surface area contributed by atoms with Crippen molar-refractivity contribution >= 4 is 23.6 Å². The predicted octanol–water partition coefficient (Wildman–Crippen LogP) is 1.59. The standard InChI is InChI=1S/C15H20N2O4S/c1-19-14(18)11-21-16-15(17-7-9-20-10-8-17)12-3-5-13(22-2)6-4-12/h3-6H,7-11H2,1-2H3. The van der Waals surface area contributed by atoms with E-state index in [0.29, 0.717) is 19.0 Å². The molecule has 1 fully saturated rings. The molecule has 0 aromatic heterocycles. The van der Waals surface area contributed by atoms with Crippen molar-refractivity contribution in [2.45, 2.75) is 4.90 Å². The summed E-state index contributed by atoms with van der Waals surface area (Å²) >= 11 is 1.68. The molecule has 0 saturated carbocycles. The Kier molecular flexibility index (Phi) is 6.54. The lowest BCUT2D eigenvalue weighted by Crippen LogP contribution is -2.41. The van der Waals surface area contributed by atoms with Crippen LogP contribution in [0.1, 0.15) is 5.56 Å². The molecule has 2 rings (SSSR count). The van der Waals surface area contributed by atoms with Crippen LogP contribution in [-0.2, 0) is 19.1 Å². The quantitative estimate of drug-likeness (QED) is 0.269. The first kappa shape index (κ1) is 16.6. The van der Waals surface area contributed by atoms with Crippen molar-refractivity contribution < 1.29 is 19.1 Å². The fourth-order valence-corrected chi connectivity index (χ4v) is 2.42. The van der Waals surface area contributed by atoms with Gasteiger partial charge in [0.2, 0.25) is 6.61 Å². The van der Waals surface area contributed by atoms with Crippen molar-refractivity contribution in [2.75, 3.05) is 46.3 Å². The molecule has 1 heterocycles. The van der Waals surface area contributed by atoms with Crippen LogP contribution in [0, 0.1) is 0 Å². The van der Waals surface area contributed by atoms with Gasteiger partial charge in [-0.25, -0.2) is 4.79 Å². The summed E-state index contributed by atoms with van der Waals surface area (Å²) in [6, 6.07) is 8.08. The molecule has 1 saturated heterocycles. The number of hydrogen-bond donors (Lipinski definition) is 0. The molecule has 0 atom stereocenters. The molecular formula is C15H20N2O4S. The second-order valence-corrected chi connectivity index (χ2v) is 5.47. The maximum absolute atomic E-state index is 11.1. The van der Waals surface area contributed by atoms with Gasteiger partial charge in [-0.1, -0.05) is 17.3 Å². The molecule has 22 heavy (non-hydrogen) atoms. The van der Waals surface area contributed by atoms with Crippen LogP contribution >= 0.6 is 11.8 Å². The van der Waals surface area contributed by atoms with Crippen LogP contribution in [0.25, 0.3) is 0 Å². The van der Waals surface area contributed by atoms with Crippen molar-refractivity contribution in [1.82, 2.24) is 4.90 Å². The summed E-state index contributed by atoms with van der Waals surface area (Å²) in [5, 5.41) is 4.14. The van der Waals surface area contributed by atoms with Crippen LogP contribution in [0.3, 0.4) is 0 Å². The minimum Gasteiger partial charge on any atom is -0.466 e. The van der Waals surface area contributed by atoms with Crippen molar-refractivity contribution in [3.05, 3.63) is 29.8 Å². The first-order chi connectivity index (χ1) is 10.7. The van der Waals surface area contributed by atoms with Gasteiger partial charge in [0.15, 0.2) is 5.84 Å². The zero-order chi connectivity index (χ0) is 15.8. The zero-order valence-electron chi connectivity index (χ0n) is 12.8. The number of benzene rings is 1. The number of hydrogen-bond acceptors (Lipinski definition) is 6. The van der Waals surface area contributed by atoms with Crippen LogP contribution < -0.4 is 0 Å². The molecule has 1 aromatic carbocycles. The molecule has 120 valence electrons. The van der Waals surface area contributed by atoms with E-state index in [0.717, 1.165) is 18.7 Å². The molecule has 0 aliphatic carbocycles. The third-order valence-electron chi connectivity index (χ3n) is 3.22. The fraction of sp³-hybridized carbons (Fsp3) is 0.467. The zero-order valence-corrected chi connectivity index (χ0v) is 13.6. The fourth-order valence-electron chi connectivity index (χ4n) is 2.01. The molecule has 0 spiro atoms. The average Bonchev–Trinajstić information content (AvgIpc) is 2.59. The summed E-state index contributed by atoms with van der Waals surface area (Å²) < 4.78 is 9.91. The second kappa shape index (κ2) is 8.65. The predicted molar refractivity (Wildman–Crippen MR) is 85.1 cm³/mol. The number of rotatable bonds is 5. The highest BCUT2D eigenvalue weighted by Crippen LogP contribution is 2.17. The van der Waals surface area contributed by atoms with E-state index in [9.17, 15) is 4.79 Å². The Hall–Kier alpha value is -1.73. The Morgan fingerprint density at radius 2 is 2.00 bits per heavy atom. The molecule has 7 heteroatoms. The maximum atomic E-state index is 11.1. The van der Waals surface area contributed by atoms with E-state index in [1.165, 1.54) is 12.0 Å². The molecule has 0 amide bonds. The third kappa shape index (κ3) is 4.64. The van der Waals surface area contributed by atoms with E-state index in [-0.39, 0.29) is 6.61 Å². The molecule has 1 aliphatic heterocycles. The van der Waals surface area contributed by atoms with Gasteiger partial charge in [-0.2, -0.15) is 0 Å². The number of ether oxygens (including phenoxy) is 2. The number of methoxy groups -OCH3 is 1. The van der Waals surface area contributed by atoms with Gasteiger partial charge in [-0.05, 0) is 18.4 Å². The van der Waals surface area contributed by atoms with Crippen LogP contribution in [0.5, 0.6) is 0 Å². The van der Waals surface area contributed by atoms with Crippen LogP contribution in [0.4, 0.5) is 0 Å². The van der Waals surface area contributed by atoms with Crippen LogP contribution in [0.15, 0.2) is 34.3 Å². The lowest BCUT2D eigenvalue weighted by Gasteiger charge is -2.29. The molecular weight excluding hydrogens is 304 g/mol. The largest absolute Gasteiger partial charge is 0.466 e. The lowest BCUT2D eigenvalue weighted by atomic mass is 10.2. The maximum Gasteiger partial charge on any atom is 0.346 e. The third-order valence-corrected chi connectivity index (χ3v) is 3.96. The summed E-state index contributed by atoms with van der Waals surface area (Å²) in [7, 11) is 1.32. The highest BCUT2D eigenvalue weighted by molar-refractivity contribution is 7.98. The first-order valence-corrected chi connectivity index (χ1v) is 8.21. The van der Waals surface area contributed by atoms with Crippen molar-refractivity contribution in [2.24, 2.45) is 5.16 Å². The number of oxime groups is 1. The van der Waals surface area contributed by atoms with Gasteiger partial charge in [0.1, 0.15) is 0 Å². The van der Waals surface area contributed by atoms with E-state index in [1.54, 1.807) is 11.8 Å². The summed E-state index contributed by atoms with van der Waals surface area (Å²) in [6.45, 7) is 2.58. The monoisotopic (exact) mass is 324 g/mol. The Labute approximate surface area is 134 Å². The Morgan fingerprint density at radius 1 is 1.32 bits per heavy atom. The van der Waals surface area contributed by atoms with Gasteiger partial charge in [0, 0.05) is 23.5 Å². The van der Waals surface area contributed by atoms with Gasteiger partial charge in [-0.3, -0.25) is 0 Å². The molecule has 1 aromatic rings. The van der Waals surface area contributed by atoms with Gasteiger partial charge in [0.05, 0.1) is 20.3 Å². The summed E-state index contributed by atoms with van der Waals surface area (Å²) in [5.74, 6) is 0.252. The SMILES string of the molecule is COC(=O)CON=C(c1ccc(SC)cc1)N1CCOCC1. The number of carbonyl (C=O) groups is 1. The number of thioether (sulfide) groups is 1. The smallest absolute Gasteiger partial charge is 0.346 e. The van der Waals surface area contributed by atoms with E-state index in [1.807, 2.05) is 30.5 Å². The summed E-state index contributed by atoms with van der Waals surface area (Å²) in [6.07, 6.45) is 2.03.